The van der Waals surface area contributed by atoms with Crippen molar-refractivity contribution in [3.63, 3.8) is 0 Å². The van der Waals surface area contributed by atoms with Gasteiger partial charge in [0.25, 0.3) is 10.0 Å². The lowest BCUT2D eigenvalue weighted by atomic mass is 10.0. The van der Waals surface area contributed by atoms with Crippen molar-refractivity contribution >= 4 is 33.0 Å². The number of hydrogen-bond acceptors (Lipinski definition) is 7. The number of hydrogen-bond donors (Lipinski definition) is 0. The molecule has 1 aromatic carbocycles. The van der Waals surface area contributed by atoms with Crippen molar-refractivity contribution in [2.24, 2.45) is 0 Å². The molecule has 10 heteroatoms. The van der Waals surface area contributed by atoms with E-state index in [0.717, 1.165) is 18.4 Å². The smallest absolute Gasteiger partial charge is 0.410 e. The third-order valence-corrected chi connectivity index (χ3v) is 7.93. The quantitative estimate of drug-likeness (QED) is 0.492. The first-order valence-electron chi connectivity index (χ1n) is 12.3. The normalized spacial score (nSPS) is 17.0. The molecule has 0 aliphatic carbocycles. The van der Waals surface area contributed by atoms with Gasteiger partial charge in [0.2, 0.25) is 0 Å². The highest BCUT2D eigenvalue weighted by Crippen LogP contribution is 2.32. The molecule has 0 saturated carbocycles. The summed E-state index contributed by atoms with van der Waals surface area (Å²) in [7, 11) is -3.83. The molecular formula is C26H35N5O4S. The van der Waals surface area contributed by atoms with Crippen LogP contribution in [0.25, 0.3) is 11.0 Å². The Labute approximate surface area is 213 Å². The lowest BCUT2D eigenvalue weighted by Crippen LogP contribution is -2.53. The minimum Gasteiger partial charge on any atom is -0.444 e. The van der Waals surface area contributed by atoms with Gasteiger partial charge in [0.15, 0.2) is 5.65 Å². The molecule has 36 heavy (non-hydrogen) atoms. The number of amides is 1. The number of piperidine rings is 1. The number of aromatic nitrogens is 3. The highest BCUT2D eigenvalue weighted by Gasteiger charge is 2.33. The van der Waals surface area contributed by atoms with Crippen LogP contribution in [-0.4, -0.2) is 64.1 Å². The molecule has 0 bridgehead atoms. The van der Waals surface area contributed by atoms with Crippen molar-refractivity contribution in [3.8, 4) is 0 Å². The minimum absolute atomic E-state index is 0.00132. The third kappa shape index (κ3) is 5.18. The number of rotatable bonds is 5. The second-order valence-electron chi connectivity index (χ2n) is 10.6. The molecule has 3 aromatic rings. The van der Waals surface area contributed by atoms with E-state index in [1.165, 1.54) is 16.5 Å². The fourth-order valence-corrected chi connectivity index (χ4v) is 5.95. The van der Waals surface area contributed by atoms with Crippen molar-refractivity contribution < 1.29 is 17.9 Å². The summed E-state index contributed by atoms with van der Waals surface area (Å²) in [4.78, 5) is 25.8. The Kier molecular flexibility index (Phi) is 7.01. The number of likely N-dealkylation sites (tertiary alicyclic amines) is 1. The van der Waals surface area contributed by atoms with Crippen LogP contribution in [-0.2, 0) is 14.8 Å². The number of benzene rings is 1. The van der Waals surface area contributed by atoms with Gasteiger partial charge in [0, 0.05) is 31.4 Å². The van der Waals surface area contributed by atoms with Crippen molar-refractivity contribution in [1.29, 1.82) is 0 Å². The molecule has 1 fully saturated rings. The van der Waals surface area contributed by atoms with E-state index in [0.29, 0.717) is 29.9 Å². The topological polar surface area (TPSA) is 97.6 Å². The van der Waals surface area contributed by atoms with Crippen LogP contribution in [0.4, 0.5) is 10.6 Å². The number of nitrogens with zero attached hydrogens (tertiary/aromatic N) is 5. The van der Waals surface area contributed by atoms with E-state index in [1.807, 2.05) is 27.7 Å². The number of carbonyl (C=O) groups is 1. The van der Waals surface area contributed by atoms with E-state index in [9.17, 15) is 13.2 Å². The highest BCUT2D eigenvalue weighted by atomic mass is 32.2. The van der Waals surface area contributed by atoms with Crippen LogP contribution in [0.15, 0.2) is 47.8 Å². The minimum atomic E-state index is -3.83. The standard InChI is InChI=1S/C26H35N5O4S/c1-18(2)31(20-8-7-14-29(16-20)25(32)35-26(4,5)6)24-22-13-15-30(23(22)27-17-28-24)36(33,34)21-11-9-19(3)10-12-21/h9-13,15,17-18,20H,7-8,14,16H2,1-6H3. The Morgan fingerprint density at radius 2 is 1.83 bits per heavy atom. The Balaban J connectivity index is 1.70. The Hall–Kier alpha value is -3.14. The first-order valence-corrected chi connectivity index (χ1v) is 13.7. The maximum atomic E-state index is 13.4. The van der Waals surface area contributed by atoms with Crippen molar-refractivity contribution in [2.75, 3.05) is 18.0 Å². The summed E-state index contributed by atoms with van der Waals surface area (Å²) in [6, 6.07) is 8.57. The SMILES string of the molecule is Cc1ccc(S(=O)(=O)n2ccc3c(N(C(C)C)C4CCCN(C(=O)OC(C)(C)C)C4)ncnc32)cc1. The van der Waals surface area contributed by atoms with E-state index >= 15 is 0 Å². The monoisotopic (exact) mass is 513 g/mol. The maximum absolute atomic E-state index is 13.4. The second kappa shape index (κ2) is 9.72. The van der Waals surface area contributed by atoms with Crippen molar-refractivity contribution in [1.82, 2.24) is 18.8 Å². The molecule has 9 nitrogen and oxygen atoms in total. The van der Waals surface area contributed by atoms with Gasteiger partial charge in [-0.15, -0.1) is 0 Å². The molecule has 0 spiro atoms. The molecule has 1 unspecified atom stereocenters. The molecule has 3 heterocycles. The molecule has 4 rings (SSSR count). The molecule has 2 aromatic heterocycles. The van der Waals surface area contributed by atoms with Gasteiger partial charge in [-0.05, 0) is 72.6 Å². The van der Waals surface area contributed by atoms with Crippen LogP contribution in [0.1, 0.15) is 53.0 Å². The van der Waals surface area contributed by atoms with Gasteiger partial charge in [-0.2, -0.15) is 0 Å². The molecule has 0 N–H and O–H groups in total. The Morgan fingerprint density at radius 3 is 2.47 bits per heavy atom. The highest BCUT2D eigenvalue weighted by molar-refractivity contribution is 7.90. The number of anilines is 1. The average Bonchev–Trinajstić information content (AvgIpc) is 3.24. The summed E-state index contributed by atoms with van der Waals surface area (Å²) < 4.78 is 33.6. The van der Waals surface area contributed by atoms with Gasteiger partial charge in [0.1, 0.15) is 17.7 Å². The van der Waals surface area contributed by atoms with Crippen molar-refractivity contribution in [2.45, 2.75) is 77.0 Å². The lowest BCUT2D eigenvalue weighted by molar-refractivity contribution is 0.0195. The largest absolute Gasteiger partial charge is 0.444 e. The first-order chi connectivity index (χ1) is 16.9. The summed E-state index contributed by atoms with van der Waals surface area (Å²) in [5.41, 5.74) is 0.745. The summed E-state index contributed by atoms with van der Waals surface area (Å²) in [6.07, 6.45) is 4.34. The van der Waals surface area contributed by atoms with Crippen LogP contribution in [0, 0.1) is 6.92 Å². The van der Waals surface area contributed by atoms with Gasteiger partial charge in [-0.25, -0.2) is 27.2 Å². The van der Waals surface area contributed by atoms with Crippen LogP contribution >= 0.6 is 0 Å². The third-order valence-electron chi connectivity index (χ3n) is 6.25. The van der Waals surface area contributed by atoms with Crippen LogP contribution in [0.5, 0.6) is 0 Å². The zero-order chi connectivity index (χ0) is 26.3. The van der Waals surface area contributed by atoms with Gasteiger partial charge < -0.3 is 14.5 Å². The summed E-state index contributed by atoms with van der Waals surface area (Å²) in [5.74, 6) is 0.656. The lowest BCUT2D eigenvalue weighted by Gasteiger charge is -2.42. The molecule has 1 aliphatic rings. The zero-order valence-corrected chi connectivity index (χ0v) is 22.6. The fourth-order valence-electron chi connectivity index (χ4n) is 4.65. The van der Waals surface area contributed by atoms with Gasteiger partial charge in [0.05, 0.1) is 10.3 Å². The van der Waals surface area contributed by atoms with Crippen LogP contribution in [0.2, 0.25) is 0 Å². The van der Waals surface area contributed by atoms with E-state index in [2.05, 4.69) is 28.7 Å². The van der Waals surface area contributed by atoms with Crippen LogP contribution in [0.3, 0.4) is 0 Å². The predicted octanol–water partition coefficient (Wildman–Crippen LogP) is 4.59. The van der Waals surface area contributed by atoms with Gasteiger partial charge in [-0.3, -0.25) is 0 Å². The maximum Gasteiger partial charge on any atom is 0.410 e. The molecular weight excluding hydrogens is 478 g/mol. The van der Waals surface area contributed by atoms with E-state index in [4.69, 9.17) is 4.74 Å². The number of ether oxygens (including phenoxy) is 1. The van der Waals surface area contributed by atoms with E-state index < -0.39 is 15.6 Å². The van der Waals surface area contributed by atoms with Gasteiger partial charge >= 0.3 is 6.09 Å². The fraction of sp³-hybridized carbons (Fsp3) is 0.500. The molecule has 1 amide bonds. The first kappa shape index (κ1) is 25.9. The average molecular weight is 514 g/mol. The van der Waals surface area contributed by atoms with Crippen LogP contribution < -0.4 is 4.90 Å². The molecule has 194 valence electrons. The van der Waals surface area contributed by atoms with E-state index in [-0.39, 0.29) is 23.1 Å². The molecule has 1 atom stereocenters. The van der Waals surface area contributed by atoms with E-state index in [1.54, 1.807) is 35.2 Å². The second-order valence-corrected chi connectivity index (χ2v) is 12.4. The molecule has 0 radical (unpaired) electrons. The summed E-state index contributed by atoms with van der Waals surface area (Å²) >= 11 is 0. The summed E-state index contributed by atoms with van der Waals surface area (Å²) in [6.45, 7) is 12.8. The number of aryl methyl sites for hydroxylation is 1. The Morgan fingerprint density at radius 1 is 1.14 bits per heavy atom. The van der Waals surface area contributed by atoms with Gasteiger partial charge in [-0.1, -0.05) is 17.7 Å². The number of fused-ring (bicyclic) bond motifs is 1. The Bertz CT molecular complexity index is 1340. The number of carbonyl (C=O) groups excluding carboxylic acids is 1. The van der Waals surface area contributed by atoms with Crippen molar-refractivity contribution in [3.05, 3.63) is 48.4 Å². The predicted molar refractivity (Wildman–Crippen MR) is 140 cm³/mol. The molecule has 1 aliphatic heterocycles. The zero-order valence-electron chi connectivity index (χ0n) is 21.8. The molecule has 1 saturated heterocycles. The summed E-state index contributed by atoms with van der Waals surface area (Å²) in [5, 5.41) is 0.649.